The van der Waals surface area contributed by atoms with Gasteiger partial charge in [0.2, 0.25) is 5.91 Å². The van der Waals surface area contributed by atoms with Crippen molar-refractivity contribution in [2.75, 3.05) is 20.1 Å². The van der Waals surface area contributed by atoms with Crippen molar-refractivity contribution in [2.45, 2.75) is 64.0 Å². The van der Waals surface area contributed by atoms with E-state index in [1.54, 1.807) is 0 Å². The van der Waals surface area contributed by atoms with Gasteiger partial charge in [-0.2, -0.15) is 0 Å². The van der Waals surface area contributed by atoms with Crippen LogP contribution in [0.25, 0.3) is 0 Å². The van der Waals surface area contributed by atoms with Crippen LogP contribution in [0, 0.1) is 23.7 Å². The van der Waals surface area contributed by atoms with E-state index in [0.29, 0.717) is 24.4 Å². The zero-order valence-corrected chi connectivity index (χ0v) is 14.1. The van der Waals surface area contributed by atoms with Crippen LogP contribution in [-0.4, -0.2) is 48.2 Å². The standard InChI is InChI=1S/C18H32N2O2/c1-12(16-9-13-6-7-14(16)8-13)19-18(22)11-20(2)10-15-4-3-5-17(15)21/h12-17,21H,3-11H2,1-2H3,(H,19,22). The van der Waals surface area contributed by atoms with Crippen molar-refractivity contribution >= 4 is 5.91 Å². The molecule has 0 radical (unpaired) electrons. The first-order chi connectivity index (χ1) is 10.5. The third kappa shape index (κ3) is 3.65. The number of hydrogen-bond donors (Lipinski definition) is 2. The van der Waals surface area contributed by atoms with Crippen LogP contribution >= 0.6 is 0 Å². The Labute approximate surface area is 134 Å². The van der Waals surface area contributed by atoms with Crippen molar-refractivity contribution in [1.82, 2.24) is 10.2 Å². The van der Waals surface area contributed by atoms with Crippen molar-refractivity contribution in [3.8, 4) is 0 Å². The minimum absolute atomic E-state index is 0.144. The topological polar surface area (TPSA) is 52.6 Å². The fourth-order valence-corrected chi connectivity index (χ4v) is 5.25. The first-order valence-electron chi connectivity index (χ1n) is 9.19. The molecule has 0 heterocycles. The Morgan fingerprint density at radius 3 is 2.68 bits per heavy atom. The fraction of sp³-hybridized carbons (Fsp3) is 0.944. The lowest BCUT2D eigenvalue weighted by molar-refractivity contribution is -0.123. The molecule has 0 aromatic carbocycles. The molecule has 3 saturated carbocycles. The molecule has 0 aromatic heterocycles. The Morgan fingerprint density at radius 2 is 2.09 bits per heavy atom. The van der Waals surface area contributed by atoms with Crippen molar-refractivity contribution in [2.24, 2.45) is 23.7 Å². The highest BCUT2D eigenvalue weighted by molar-refractivity contribution is 5.78. The van der Waals surface area contributed by atoms with E-state index in [2.05, 4.69) is 17.1 Å². The number of rotatable bonds is 6. The molecule has 1 amide bonds. The summed E-state index contributed by atoms with van der Waals surface area (Å²) < 4.78 is 0. The average Bonchev–Trinajstić information content (AvgIpc) is 3.16. The fourth-order valence-electron chi connectivity index (χ4n) is 5.25. The maximum absolute atomic E-state index is 12.3. The molecule has 3 aliphatic carbocycles. The normalized spacial score (nSPS) is 38.6. The molecule has 0 saturated heterocycles. The molecule has 3 rings (SSSR count). The van der Waals surface area contributed by atoms with Gasteiger partial charge in [0.25, 0.3) is 0 Å². The summed E-state index contributed by atoms with van der Waals surface area (Å²) in [7, 11) is 1.99. The molecule has 3 fully saturated rings. The first-order valence-corrected chi connectivity index (χ1v) is 9.19. The second-order valence-corrected chi connectivity index (χ2v) is 8.15. The summed E-state index contributed by atoms with van der Waals surface area (Å²) >= 11 is 0. The Hall–Kier alpha value is -0.610. The molecule has 22 heavy (non-hydrogen) atoms. The van der Waals surface area contributed by atoms with Gasteiger partial charge in [-0.3, -0.25) is 9.69 Å². The van der Waals surface area contributed by atoms with E-state index in [-0.39, 0.29) is 12.0 Å². The maximum Gasteiger partial charge on any atom is 0.234 e. The molecular formula is C18H32N2O2. The van der Waals surface area contributed by atoms with Gasteiger partial charge < -0.3 is 10.4 Å². The van der Waals surface area contributed by atoms with Gasteiger partial charge in [-0.15, -0.1) is 0 Å². The average molecular weight is 308 g/mol. The van der Waals surface area contributed by atoms with Gasteiger partial charge in [0.15, 0.2) is 0 Å². The van der Waals surface area contributed by atoms with E-state index in [1.165, 1.54) is 25.7 Å². The number of aliphatic hydroxyl groups excluding tert-OH is 1. The lowest BCUT2D eigenvalue weighted by Gasteiger charge is -2.29. The quantitative estimate of drug-likeness (QED) is 0.789. The number of fused-ring (bicyclic) bond motifs is 2. The van der Waals surface area contributed by atoms with Crippen LogP contribution in [0.4, 0.5) is 0 Å². The Kier molecular flexibility index (Phi) is 5.08. The maximum atomic E-state index is 12.3. The number of likely N-dealkylation sites (N-methyl/N-ethyl adjacent to an activating group) is 1. The summed E-state index contributed by atoms with van der Waals surface area (Å²) in [6, 6.07) is 0.313. The largest absolute Gasteiger partial charge is 0.393 e. The predicted octanol–water partition coefficient (Wildman–Crippen LogP) is 2.02. The van der Waals surface area contributed by atoms with Crippen LogP contribution in [-0.2, 0) is 4.79 Å². The van der Waals surface area contributed by atoms with Crippen molar-refractivity contribution < 1.29 is 9.90 Å². The summed E-state index contributed by atoms with van der Waals surface area (Å²) in [5, 5.41) is 13.1. The van der Waals surface area contributed by atoms with E-state index < -0.39 is 0 Å². The molecule has 2 N–H and O–H groups in total. The smallest absolute Gasteiger partial charge is 0.234 e. The molecular weight excluding hydrogens is 276 g/mol. The molecule has 6 atom stereocenters. The monoisotopic (exact) mass is 308 g/mol. The second kappa shape index (κ2) is 6.88. The highest BCUT2D eigenvalue weighted by Gasteiger charge is 2.42. The van der Waals surface area contributed by atoms with Gasteiger partial charge in [-0.1, -0.05) is 12.8 Å². The van der Waals surface area contributed by atoms with Crippen LogP contribution in [0.15, 0.2) is 0 Å². The molecule has 2 bridgehead atoms. The molecule has 0 spiro atoms. The van der Waals surface area contributed by atoms with Crippen LogP contribution in [0.5, 0.6) is 0 Å². The predicted molar refractivity (Wildman–Crippen MR) is 87.4 cm³/mol. The minimum Gasteiger partial charge on any atom is -0.393 e. The first kappa shape index (κ1) is 16.3. The molecule has 126 valence electrons. The summed E-state index contributed by atoms with van der Waals surface area (Å²) in [4.78, 5) is 14.3. The summed E-state index contributed by atoms with van der Waals surface area (Å²) in [5.41, 5.74) is 0. The van der Waals surface area contributed by atoms with E-state index in [0.717, 1.165) is 37.6 Å². The van der Waals surface area contributed by atoms with E-state index in [4.69, 9.17) is 0 Å². The number of amides is 1. The molecule has 6 unspecified atom stereocenters. The second-order valence-electron chi connectivity index (χ2n) is 8.15. The number of aliphatic hydroxyl groups is 1. The third-order valence-electron chi connectivity index (χ3n) is 6.40. The van der Waals surface area contributed by atoms with Gasteiger partial charge in [-0.25, -0.2) is 0 Å². The Bertz CT molecular complexity index is 401. The number of nitrogens with one attached hydrogen (secondary N) is 1. The van der Waals surface area contributed by atoms with Crippen LogP contribution in [0.3, 0.4) is 0 Å². The van der Waals surface area contributed by atoms with Gasteiger partial charge in [0.05, 0.1) is 12.6 Å². The van der Waals surface area contributed by atoms with Crippen molar-refractivity contribution in [3.05, 3.63) is 0 Å². The molecule has 3 aliphatic rings. The lowest BCUT2D eigenvalue weighted by atomic mass is 9.84. The molecule has 4 heteroatoms. The number of hydrogen-bond acceptors (Lipinski definition) is 3. The van der Waals surface area contributed by atoms with Crippen LogP contribution < -0.4 is 5.32 Å². The summed E-state index contributed by atoms with van der Waals surface area (Å²) in [6.07, 6.45) is 8.45. The van der Waals surface area contributed by atoms with Crippen molar-refractivity contribution in [1.29, 1.82) is 0 Å². The molecule has 0 aromatic rings. The highest BCUT2D eigenvalue weighted by atomic mass is 16.3. The minimum atomic E-state index is -0.168. The highest BCUT2D eigenvalue weighted by Crippen LogP contribution is 2.49. The number of carbonyl (C=O) groups is 1. The lowest BCUT2D eigenvalue weighted by Crippen LogP contribution is -2.45. The third-order valence-corrected chi connectivity index (χ3v) is 6.40. The molecule has 4 nitrogen and oxygen atoms in total. The zero-order valence-electron chi connectivity index (χ0n) is 14.1. The number of carbonyl (C=O) groups excluding carboxylic acids is 1. The van der Waals surface area contributed by atoms with Crippen LogP contribution in [0.1, 0.15) is 51.9 Å². The Balaban J connectivity index is 1.40. The van der Waals surface area contributed by atoms with Gasteiger partial charge in [0, 0.05) is 12.6 Å². The van der Waals surface area contributed by atoms with Crippen LogP contribution in [0.2, 0.25) is 0 Å². The number of nitrogens with zero attached hydrogens (tertiary/aromatic N) is 1. The van der Waals surface area contributed by atoms with Gasteiger partial charge in [-0.05, 0) is 69.7 Å². The van der Waals surface area contributed by atoms with E-state index in [9.17, 15) is 9.90 Å². The Morgan fingerprint density at radius 1 is 1.27 bits per heavy atom. The van der Waals surface area contributed by atoms with Gasteiger partial charge >= 0.3 is 0 Å². The zero-order chi connectivity index (χ0) is 15.7. The van der Waals surface area contributed by atoms with E-state index >= 15 is 0 Å². The SMILES string of the molecule is CC(NC(=O)CN(C)CC1CCCC1O)C1CC2CCC1C2. The van der Waals surface area contributed by atoms with Gasteiger partial charge in [0.1, 0.15) is 0 Å². The summed E-state index contributed by atoms with van der Waals surface area (Å²) in [5.74, 6) is 2.98. The van der Waals surface area contributed by atoms with E-state index in [1.807, 2.05) is 7.05 Å². The van der Waals surface area contributed by atoms with Crippen molar-refractivity contribution in [3.63, 3.8) is 0 Å². The summed E-state index contributed by atoms with van der Waals surface area (Å²) in [6.45, 7) is 3.47. The molecule has 0 aliphatic heterocycles.